The lowest BCUT2D eigenvalue weighted by Crippen LogP contribution is -2.48. The fraction of sp³-hybridized carbons (Fsp3) is 0.500. The lowest BCUT2D eigenvalue weighted by molar-refractivity contribution is -0.0328. The Morgan fingerprint density at radius 1 is 1.38 bits per heavy atom. The van der Waals surface area contributed by atoms with Gasteiger partial charge in [0.05, 0.1) is 16.0 Å². The van der Waals surface area contributed by atoms with Crippen molar-refractivity contribution in [2.24, 2.45) is 5.92 Å². The maximum Gasteiger partial charge on any atom is 0.446 e. The zero-order valence-electron chi connectivity index (χ0n) is 12.2. The predicted octanol–water partition coefficient (Wildman–Crippen LogP) is 3.66. The third kappa shape index (κ3) is 2.75. The van der Waals surface area contributed by atoms with Gasteiger partial charge in [0, 0.05) is 13.1 Å². The number of fused-ring (bicyclic) bond motifs is 2. The monoisotopic (exact) mass is 472 g/mol. The molecule has 3 heterocycles. The van der Waals surface area contributed by atoms with Crippen molar-refractivity contribution in [2.45, 2.75) is 28.5 Å². The van der Waals surface area contributed by atoms with E-state index in [1.807, 2.05) is 0 Å². The second kappa shape index (κ2) is 5.63. The van der Waals surface area contributed by atoms with Crippen molar-refractivity contribution in [1.82, 2.24) is 14.9 Å². The molecular formula is C14H13F4IN4S. The highest BCUT2D eigenvalue weighted by atomic mass is 127. The minimum Gasteiger partial charge on any atom is -0.361 e. The third-order valence-corrected chi connectivity index (χ3v) is 6.54. The smallest absolute Gasteiger partial charge is 0.361 e. The minimum absolute atomic E-state index is 0.0682. The molecule has 2 aliphatic rings. The molecule has 4 rings (SSSR count). The molecule has 3 atom stereocenters. The number of hydrogen-bond donors (Lipinski definition) is 2. The summed E-state index contributed by atoms with van der Waals surface area (Å²) in [4.78, 5) is 0.0682. The van der Waals surface area contributed by atoms with Crippen LogP contribution in [0.2, 0.25) is 0 Å². The highest BCUT2D eigenvalue weighted by Crippen LogP contribution is 2.51. The van der Waals surface area contributed by atoms with Crippen LogP contribution >= 0.6 is 34.4 Å². The summed E-state index contributed by atoms with van der Waals surface area (Å²) in [5.74, 6) is 0.710. The SMILES string of the molecule is FC1CNCC2CC12Nc1cccc2c(SC(F)(F)F)c(I)nn12. The first kappa shape index (κ1) is 16.7. The molecule has 3 unspecified atom stereocenters. The molecule has 2 aromatic rings. The van der Waals surface area contributed by atoms with E-state index in [1.165, 1.54) is 4.52 Å². The summed E-state index contributed by atoms with van der Waals surface area (Å²) in [5, 5.41) is 10.5. The molecule has 2 aromatic heterocycles. The Labute approximate surface area is 152 Å². The molecule has 0 amide bonds. The molecule has 2 N–H and O–H groups in total. The van der Waals surface area contributed by atoms with E-state index in [-0.39, 0.29) is 32.8 Å². The number of anilines is 1. The number of nitrogens with one attached hydrogen (secondary N) is 2. The van der Waals surface area contributed by atoms with Crippen LogP contribution in [0.15, 0.2) is 23.1 Å². The maximum atomic E-state index is 14.4. The molecule has 2 fully saturated rings. The standard InChI is InChI=1S/C14H13F4IN4S/c15-9-6-20-5-7-4-13(7,9)21-10-3-1-2-8-11(24-14(16,17)18)12(19)22-23(8)10/h1-3,7,9,20-21H,4-6H2. The van der Waals surface area contributed by atoms with Crippen LogP contribution in [0, 0.1) is 9.62 Å². The molecule has 1 saturated heterocycles. The number of rotatable bonds is 3. The maximum absolute atomic E-state index is 14.4. The van der Waals surface area contributed by atoms with Gasteiger partial charge < -0.3 is 10.6 Å². The first-order chi connectivity index (χ1) is 11.3. The van der Waals surface area contributed by atoms with Gasteiger partial charge in [-0.05, 0) is 58.8 Å². The fourth-order valence-electron chi connectivity index (χ4n) is 3.35. The van der Waals surface area contributed by atoms with Crippen LogP contribution in [0.25, 0.3) is 5.52 Å². The van der Waals surface area contributed by atoms with Crippen molar-refractivity contribution >= 4 is 45.7 Å². The number of thioether (sulfide) groups is 1. The van der Waals surface area contributed by atoms with Crippen molar-refractivity contribution in [1.29, 1.82) is 0 Å². The van der Waals surface area contributed by atoms with Crippen molar-refractivity contribution < 1.29 is 17.6 Å². The van der Waals surface area contributed by atoms with E-state index in [9.17, 15) is 17.6 Å². The molecule has 1 aliphatic heterocycles. The Bertz CT molecular complexity index is 795. The summed E-state index contributed by atoms with van der Waals surface area (Å²) < 4.78 is 54.4. The van der Waals surface area contributed by atoms with Crippen LogP contribution < -0.4 is 10.6 Å². The Morgan fingerprint density at radius 3 is 2.88 bits per heavy atom. The van der Waals surface area contributed by atoms with Gasteiger partial charge in [-0.25, -0.2) is 8.91 Å². The average Bonchev–Trinajstić information content (AvgIpc) is 3.13. The van der Waals surface area contributed by atoms with E-state index >= 15 is 0 Å². The molecule has 10 heteroatoms. The van der Waals surface area contributed by atoms with E-state index in [2.05, 4.69) is 15.7 Å². The quantitative estimate of drug-likeness (QED) is 0.407. The third-order valence-electron chi connectivity index (χ3n) is 4.58. The van der Waals surface area contributed by atoms with Crippen molar-refractivity contribution in [3.8, 4) is 0 Å². The number of aromatic nitrogens is 2. The summed E-state index contributed by atoms with van der Waals surface area (Å²) in [5.41, 5.74) is -4.65. The zero-order valence-corrected chi connectivity index (χ0v) is 15.2. The largest absolute Gasteiger partial charge is 0.446 e. The molecule has 0 aromatic carbocycles. The van der Waals surface area contributed by atoms with Gasteiger partial charge in [0.25, 0.3) is 0 Å². The lowest BCUT2D eigenvalue weighted by atomic mass is 10.0. The Morgan fingerprint density at radius 2 is 2.17 bits per heavy atom. The van der Waals surface area contributed by atoms with Crippen LogP contribution in [0.3, 0.4) is 0 Å². The zero-order chi connectivity index (χ0) is 17.1. The van der Waals surface area contributed by atoms with Gasteiger partial charge in [-0.2, -0.15) is 18.3 Å². The van der Waals surface area contributed by atoms with Crippen LogP contribution in [0.4, 0.5) is 23.4 Å². The predicted molar refractivity (Wildman–Crippen MR) is 92.0 cm³/mol. The molecule has 0 bridgehead atoms. The van der Waals surface area contributed by atoms with E-state index < -0.39 is 17.2 Å². The van der Waals surface area contributed by atoms with Gasteiger partial charge >= 0.3 is 5.51 Å². The molecule has 130 valence electrons. The number of hydrogen-bond acceptors (Lipinski definition) is 4. The number of piperidine rings is 1. The number of nitrogens with zero attached hydrogens (tertiary/aromatic N) is 2. The summed E-state index contributed by atoms with van der Waals surface area (Å²) in [7, 11) is 0. The number of alkyl halides is 4. The summed E-state index contributed by atoms with van der Waals surface area (Å²) in [6.07, 6.45) is -0.328. The van der Waals surface area contributed by atoms with Crippen LogP contribution in [-0.4, -0.2) is 39.9 Å². The van der Waals surface area contributed by atoms with Gasteiger partial charge in [0.2, 0.25) is 0 Å². The Balaban J connectivity index is 1.71. The van der Waals surface area contributed by atoms with Gasteiger partial charge in [-0.1, -0.05) is 6.07 Å². The molecule has 24 heavy (non-hydrogen) atoms. The lowest BCUT2D eigenvalue weighted by Gasteiger charge is -2.29. The second-order valence-corrected chi connectivity index (χ2v) is 8.17. The topological polar surface area (TPSA) is 41.4 Å². The Hall–Kier alpha value is -0.750. The van der Waals surface area contributed by atoms with Gasteiger partial charge in [0.15, 0.2) is 0 Å². The van der Waals surface area contributed by atoms with Gasteiger partial charge in [-0.3, -0.25) is 0 Å². The highest BCUT2D eigenvalue weighted by molar-refractivity contribution is 14.1. The summed E-state index contributed by atoms with van der Waals surface area (Å²) in [6.45, 7) is 1.03. The van der Waals surface area contributed by atoms with Crippen LogP contribution in [0.5, 0.6) is 0 Å². The number of pyridine rings is 1. The fourth-order valence-corrected chi connectivity index (χ4v) is 4.79. The van der Waals surface area contributed by atoms with Crippen LogP contribution in [-0.2, 0) is 0 Å². The number of halogens is 5. The highest BCUT2D eigenvalue weighted by Gasteiger charge is 2.61. The molecule has 0 radical (unpaired) electrons. The first-order valence-electron chi connectivity index (χ1n) is 7.36. The van der Waals surface area contributed by atoms with E-state index in [0.717, 1.165) is 6.54 Å². The van der Waals surface area contributed by atoms with Gasteiger partial charge in [-0.15, -0.1) is 0 Å². The molecule has 4 nitrogen and oxygen atoms in total. The normalized spacial score (nSPS) is 29.5. The van der Waals surface area contributed by atoms with Crippen LogP contribution in [0.1, 0.15) is 6.42 Å². The minimum atomic E-state index is -4.38. The van der Waals surface area contributed by atoms with E-state index in [1.54, 1.807) is 40.8 Å². The summed E-state index contributed by atoms with van der Waals surface area (Å²) >= 11 is 1.62. The Kier molecular flexibility index (Phi) is 3.92. The summed E-state index contributed by atoms with van der Waals surface area (Å²) in [6, 6.07) is 4.97. The molecule has 1 aliphatic carbocycles. The molecule has 1 saturated carbocycles. The molecule has 0 spiro atoms. The average molecular weight is 472 g/mol. The van der Waals surface area contributed by atoms with Crippen molar-refractivity contribution in [3.63, 3.8) is 0 Å². The van der Waals surface area contributed by atoms with E-state index in [4.69, 9.17) is 0 Å². The van der Waals surface area contributed by atoms with Crippen molar-refractivity contribution in [3.05, 3.63) is 21.9 Å². The van der Waals surface area contributed by atoms with Gasteiger partial charge in [0.1, 0.15) is 15.7 Å². The second-order valence-electron chi connectivity index (χ2n) is 6.07. The molecular weight excluding hydrogens is 459 g/mol. The van der Waals surface area contributed by atoms with E-state index in [0.29, 0.717) is 17.8 Å². The van der Waals surface area contributed by atoms with Crippen molar-refractivity contribution in [2.75, 3.05) is 18.4 Å². The first-order valence-corrected chi connectivity index (χ1v) is 9.26.